The van der Waals surface area contributed by atoms with Gasteiger partial charge in [0.2, 0.25) is 17.7 Å². The highest BCUT2D eigenvalue weighted by molar-refractivity contribution is 5.99. The number of esters is 1. The number of allylic oxidation sites excluding steroid dienone is 1. The minimum Gasteiger partial charge on any atom is -0.455 e. The normalized spacial score (nSPS) is 31.6. The van der Waals surface area contributed by atoms with E-state index in [0.717, 1.165) is 6.42 Å². The molecule has 1 aromatic carbocycles. The molecule has 0 saturated carbocycles. The van der Waals surface area contributed by atoms with E-state index in [0.29, 0.717) is 31.4 Å². The van der Waals surface area contributed by atoms with Crippen molar-refractivity contribution in [2.45, 2.75) is 102 Å². The standard InChI is InChI=1S/C38H53N3O8/c1-36(2,3)24-37(4,5)41-21-14-19-38-30(33(44)40(20-12-13-22-42)32(38)34(41)45)29-27(49-38)17-10-11-18-28(43)39-26(23-47-6)31(48-35(29)46)25-15-8-7-9-16-25/h7-10,14-17,19,26-27,29-32,42H,11-13,18,20-24H2,1-6H3,(H,39,43)/b17-10-/t26-,27-,29+,30+,31-,32-,38+/m0/s1. The monoisotopic (exact) mass is 679 g/mol. The second kappa shape index (κ2) is 14.7. The summed E-state index contributed by atoms with van der Waals surface area (Å²) >= 11 is 0. The highest BCUT2D eigenvalue weighted by Gasteiger charge is 2.72. The summed E-state index contributed by atoms with van der Waals surface area (Å²) in [7, 11) is 1.52. The van der Waals surface area contributed by atoms with Crippen molar-refractivity contribution in [3.63, 3.8) is 0 Å². The molecule has 0 bridgehead atoms. The predicted octanol–water partition coefficient (Wildman–Crippen LogP) is 3.72. The molecule has 4 aliphatic rings. The van der Waals surface area contributed by atoms with E-state index in [1.54, 1.807) is 17.1 Å². The van der Waals surface area contributed by atoms with Crippen LogP contribution in [-0.4, -0.2) is 101 Å². The Bertz CT molecular complexity index is 1440. The number of carbonyl (C=O) groups is 4. The Kier molecular flexibility index (Phi) is 11.1. The largest absolute Gasteiger partial charge is 0.455 e. The molecule has 3 amide bonds. The van der Waals surface area contributed by atoms with Crippen LogP contribution in [0.15, 0.2) is 54.6 Å². The van der Waals surface area contributed by atoms with E-state index in [2.05, 4.69) is 26.1 Å². The van der Waals surface area contributed by atoms with Crippen LogP contribution in [0.4, 0.5) is 0 Å². The number of methoxy groups -OCH3 is 1. The molecule has 1 aromatic rings. The van der Waals surface area contributed by atoms with Crippen LogP contribution in [0.25, 0.3) is 0 Å². The second-order valence-corrected chi connectivity index (χ2v) is 15.6. The van der Waals surface area contributed by atoms with Gasteiger partial charge < -0.3 is 34.4 Å². The summed E-state index contributed by atoms with van der Waals surface area (Å²) < 4.78 is 18.6. The Hall–Kier alpha value is -3.54. The number of hydrogen-bond acceptors (Lipinski definition) is 8. The first-order valence-corrected chi connectivity index (χ1v) is 17.5. The summed E-state index contributed by atoms with van der Waals surface area (Å²) in [6.07, 6.45) is 7.70. The van der Waals surface area contributed by atoms with Crippen molar-refractivity contribution < 1.29 is 38.5 Å². The SMILES string of the molecule is COC[C@@H]1NC(=O)CC/C=C\[C@@H]2O[C@@]34C=CCN(C(C)(C)CC(C)(C)C)C(=O)[C@@H]3N(CCCCO)C(=O)[C@H]4[C@@H]2C(=O)O[C@H]1c1ccccc1. The number of benzene rings is 1. The van der Waals surface area contributed by atoms with Crippen molar-refractivity contribution >= 4 is 23.7 Å². The van der Waals surface area contributed by atoms with Gasteiger partial charge in [0.1, 0.15) is 23.7 Å². The van der Waals surface area contributed by atoms with Gasteiger partial charge in [-0.1, -0.05) is 75.4 Å². The smallest absolute Gasteiger partial charge is 0.313 e. The topological polar surface area (TPSA) is 135 Å². The lowest BCUT2D eigenvalue weighted by atomic mass is 9.77. The molecule has 268 valence electrons. The number of unbranched alkanes of at least 4 members (excludes halogenated alkanes) is 1. The van der Waals surface area contributed by atoms with Crippen LogP contribution in [0.5, 0.6) is 0 Å². The predicted molar refractivity (Wildman–Crippen MR) is 183 cm³/mol. The number of ether oxygens (including phenoxy) is 3. The minimum atomic E-state index is -1.43. The number of hydrogen-bond donors (Lipinski definition) is 2. The summed E-state index contributed by atoms with van der Waals surface area (Å²) in [6, 6.07) is 7.45. The van der Waals surface area contributed by atoms with E-state index in [4.69, 9.17) is 14.2 Å². The number of fused-ring (bicyclic) bond motifs is 2. The second-order valence-electron chi connectivity index (χ2n) is 15.6. The molecule has 0 unspecified atom stereocenters. The number of cyclic esters (lactones) is 1. The summed E-state index contributed by atoms with van der Waals surface area (Å²) in [6.45, 7) is 11.1. The van der Waals surface area contributed by atoms with Gasteiger partial charge in [0, 0.05) is 38.8 Å². The maximum atomic E-state index is 14.9. The van der Waals surface area contributed by atoms with E-state index < -0.39 is 53.2 Å². The highest BCUT2D eigenvalue weighted by atomic mass is 16.6. The van der Waals surface area contributed by atoms with Gasteiger partial charge in [-0.3, -0.25) is 19.2 Å². The van der Waals surface area contributed by atoms with Crippen LogP contribution in [0.2, 0.25) is 0 Å². The molecule has 2 N–H and O–H groups in total. The maximum absolute atomic E-state index is 14.9. The molecule has 11 heteroatoms. The molecule has 4 aliphatic heterocycles. The van der Waals surface area contributed by atoms with Crippen molar-refractivity contribution in [1.29, 1.82) is 0 Å². The van der Waals surface area contributed by atoms with Crippen LogP contribution in [-0.2, 0) is 33.4 Å². The van der Waals surface area contributed by atoms with E-state index >= 15 is 0 Å². The van der Waals surface area contributed by atoms with Gasteiger partial charge >= 0.3 is 5.97 Å². The average molecular weight is 680 g/mol. The van der Waals surface area contributed by atoms with Gasteiger partial charge in [-0.25, -0.2) is 0 Å². The van der Waals surface area contributed by atoms with Gasteiger partial charge in [0.15, 0.2) is 0 Å². The molecule has 2 saturated heterocycles. The Morgan fingerprint density at radius 3 is 2.43 bits per heavy atom. The molecular formula is C38H53N3O8. The first-order chi connectivity index (χ1) is 23.2. The third-order valence-electron chi connectivity index (χ3n) is 10.1. The van der Waals surface area contributed by atoms with Crippen LogP contribution in [0.1, 0.15) is 78.4 Å². The molecule has 5 rings (SSSR count). The zero-order valence-electron chi connectivity index (χ0n) is 29.7. The number of carbonyl (C=O) groups excluding carboxylic acids is 4. The Labute approximate surface area is 290 Å². The summed E-state index contributed by atoms with van der Waals surface area (Å²) in [5, 5.41) is 12.6. The van der Waals surface area contributed by atoms with Crippen molar-refractivity contribution in [3.05, 3.63) is 60.2 Å². The molecular weight excluding hydrogens is 626 g/mol. The van der Waals surface area contributed by atoms with Crippen LogP contribution >= 0.6 is 0 Å². The molecule has 0 aromatic heterocycles. The summed E-state index contributed by atoms with van der Waals surface area (Å²) in [5.74, 6) is -3.54. The number of rotatable bonds is 9. The van der Waals surface area contributed by atoms with Gasteiger partial charge in [0.05, 0.1) is 24.7 Å². The number of nitrogens with one attached hydrogen (secondary N) is 1. The van der Waals surface area contributed by atoms with Crippen LogP contribution < -0.4 is 5.32 Å². The average Bonchev–Trinajstić information content (AvgIpc) is 3.40. The zero-order valence-corrected chi connectivity index (χ0v) is 29.7. The van der Waals surface area contributed by atoms with E-state index in [1.807, 2.05) is 61.2 Å². The maximum Gasteiger partial charge on any atom is 0.313 e. The van der Waals surface area contributed by atoms with Crippen molar-refractivity contribution in [2.75, 3.05) is 33.4 Å². The molecule has 2 fully saturated rings. The Morgan fingerprint density at radius 1 is 1.02 bits per heavy atom. The van der Waals surface area contributed by atoms with Crippen molar-refractivity contribution in [2.24, 2.45) is 17.3 Å². The van der Waals surface area contributed by atoms with Gasteiger partial charge in [-0.2, -0.15) is 0 Å². The fraction of sp³-hybridized carbons (Fsp3) is 0.632. The fourth-order valence-corrected chi connectivity index (χ4v) is 8.46. The van der Waals surface area contributed by atoms with E-state index in [1.165, 1.54) is 7.11 Å². The van der Waals surface area contributed by atoms with E-state index in [9.17, 15) is 24.3 Å². The molecule has 49 heavy (non-hydrogen) atoms. The summed E-state index contributed by atoms with van der Waals surface area (Å²) in [5.41, 5.74) is -1.39. The first kappa shape index (κ1) is 36.7. The third-order valence-corrected chi connectivity index (χ3v) is 10.1. The lowest BCUT2D eigenvalue weighted by Gasteiger charge is -2.44. The molecule has 7 atom stereocenters. The molecule has 4 heterocycles. The molecule has 11 nitrogen and oxygen atoms in total. The number of likely N-dealkylation sites (tertiary alicyclic amines) is 1. The zero-order chi connectivity index (χ0) is 35.6. The number of amides is 3. The molecule has 1 spiro atoms. The van der Waals surface area contributed by atoms with Crippen LogP contribution in [0, 0.1) is 17.3 Å². The minimum absolute atomic E-state index is 0.0434. The first-order valence-electron chi connectivity index (χ1n) is 17.5. The fourth-order valence-electron chi connectivity index (χ4n) is 8.46. The number of nitrogens with zero attached hydrogens (tertiary/aromatic N) is 2. The molecule has 0 radical (unpaired) electrons. The van der Waals surface area contributed by atoms with Gasteiger partial charge in [-0.15, -0.1) is 0 Å². The lowest BCUT2D eigenvalue weighted by Crippen LogP contribution is -2.59. The Balaban J connectivity index is 1.60. The highest BCUT2D eigenvalue weighted by Crippen LogP contribution is 2.54. The third kappa shape index (κ3) is 7.49. The summed E-state index contributed by atoms with van der Waals surface area (Å²) in [4.78, 5) is 60.5. The molecule has 0 aliphatic carbocycles. The van der Waals surface area contributed by atoms with Crippen LogP contribution in [0.3, 0.4) is 0 Å². The quantitative estimate of drug-likeness (QED) is 0.229. The van der Waals surface area contributed by atoms with Crippen molar-refractivity contribution in [1.82, 2.24) is 15.1 Å². The lowest BCUT2D eigenvalue weighted by molar-refractivity contribution is -0.162. The number of aliphatic hydroxyl groups is 1. The van der Waals surface area contributed by atoms with Gasteiger partial charge in [0.25, 0.3) is 0 Å². The van der Waals surface area contributed by atoms with Gasteiger partial charge in [-0.05, 0) is 50.5 Å². The van der Waals surface area contributed by atoms with Crippen molar-refractivity contribution in [3.8, 4) is 0 Å². The van der Waals surface area contributed by atoms with E-state index in [-0.39, 0.29) is 49.3 Å². The Morgan fingerprint density at radius 2 is 1.76 bits per heavy atom. The number of aliphatic hydroxyl groups excluding tert-OH is 1.